The van der Waals surface area contributed by atoms with Crippen molar-refractivity contribution in [2.75, 3.05) is 38.2 Å². The van der Waals surface area contributed by atoms with Gasteiger partial charge in [-0.1, -0.05) is 11.3 Å². The molecule has 0 atom stereocenters. The van der Waals surface area contributed by atoms with E-state index in [1.807, 2.05) is 18.3 Å². The van der Waals surface area contributed by atoms with Crippen molar-refractivity contribution in [2.24, 2.45) is 0 Å². The molecule has 0 spiro atoms. The number of nitrogens with zero attached hydrogens (tertiary/aromatic N) is 3. The van der Waals surface area contributed by atoms with Crippen LogP contribution in [0.5, 0.6) is 5.75 Å². The van der Waals surface area contributed by atoms with Gasteiger partial charge >= 0.3 is 0 Å². The number of anilines is 1. The summed E-state index contributed by atoms with van der Waals surface area (Å²) < 4.78 is 5.12. The van der Waals surface area contributed by atoms with Crippen LogP contribution in [0.3, 0.4) is 0 Å². The first-order valence-electron chi connectivity index (χ1n) is 6.29. The highest BCUT2D eigenvalue weighted by Crippen LogP contribution is 2.30. The smallest absolute Gasteiger partial charge is 0.185 e. The van der Waals surface area contributed by atoms with Crippen LogP contribution in [-0.4, -0.2) is 43.3 Å². The maximum Gasteiger partial charge on any atom is 0.185 e. The Kier molecular flexibility index (Phi) is 3.61. The van der Waals surface area contributed by atoms with E-state index >= 15 is 0 Å². The van der Waals surface area contributed by atoms with Crippen molar-refractivity contribution in [3.63, 3.8) is 0 Å². The number of hydrogen-bond donors (Lipinski definition) is 1. The predicted molar refractivity (Wildman–Crippen MR) is 77.0 cm³/mol. The van der Waals surface area contributed by atoms with Crippen LogP contribution in [0.1, 0.15) is 0 Å². The Labute approximate surface area is 116 Å². The summed E-state index contributed by atoms with van der Waals surface area (Å²) in [6, 6.07) is 3.89. The van der Waals surface area contributed by atoms with Crippen molar-refractivity contribution in [2.45, 2.75) is 0 Å². The third-order valence-corrected chi connectivity index (χ3v) is 4.19. The summed E-state index contributed by atoms with van der Waals surface area (Å²) in [7, 11) is 1.64. The van der Waals surface area contributed by atoms with Gasteiger partial charge in [0, 0.05) is 32.4 Å². The zero-order valence-corrected chi connectivity index (χ0v) is 11.6. The molecule has 6 heteroatoms. The van der Waals surface area contributed by atoms with Crippen LogP contribution in [0, 0.1) is 0 Å². The molecule has 1 aliphatic rings. The van der Waals surface area contributed by atoms with Crippen molar-refractivity contribution in [1.29, 1.82) is 0 Å². The third-order valence-electron chi connectivity index (χ3n) is 3.11. The minimum Gasteiger partial charge on any atom is -0.495 e. The molecule has 5 nitrogen and oxygen atoms in total. The van der Waals surface area contributed by atoms with Gasteiger partial charge in [0.1, 0.15) is 5.75 Å². The van der Waals surface area contributed by atoms with Gasteiger partial charge in [-0.25, -0.2) is 4.98 Å². The van der Waals surface area contributed by atoms with E-state index < -0.39 is 0 Å². The summed E-state index contributed by atoms with van der Waals surface area (Å²) in [5.41, 5.74) is 0.944. The molecular formula is C13H16N4OS. The average Bonchev–Trinajstić information content (AvgIpc) is 2.98. The normalized spacial score (nSPS) is 15.5. The van der Waals surface area contributed by atoms with Crippen LogP contribution in [0.15, 0.2) is 24.5 Å². The van der Waals surface area contributed by atoms with E-state index in [4.69, 9.17) is 4.74 Å². The average molecular weight is 276 g/mol. The first-order chi connectivity index (χ1) is 9.36. The lowest BCUT2D eigenvalue weighted by Gasteiger charge is -2.26. The fourth-order valence-electron chi connectivity index (χ4n) is 2.03. The minimum absolute atomic E-state index is 0.774. The van der Waals surface area contributed by atoms with Gasteiger partial charge in [-0.15, -0.1) is 0 Å². The number of aromatic nitrogens is 2. The lowest BCUT2D eigenvalue weighted by molar-refractivity contribution is 0.413. The molecule has 3 heterocycles. The molecule has 2 aromatic heterocycles. The third kappa shape index (κ3) is 2.69. The molecule has 0 amide bonds. The fraction of sp³-hybridized carbons (Fsp3) is 0.385. The van der Waals surface area contributed by atoms with Gasteiger partial charge in [0.2, 0.25) is 0 Å². The van der Waals surface area contributed by atoms with Gasteiger partial charge in [-0.3, -0.25) is 4.98 Å². The molecule has 0 saturated carbocycles. The van der Waals surface area contributed by atoms with Gasteiger partial charge in [0.15, 0.2) is 5.13 Å². The van der Waals surface area contributed by atoms with Gasteiger partial charge in [0.05, 0.1) is 23.9 Å². The first-order valence-corrected chi connectivity index (χ1v) is 7.10. The molecule has 0 unspecified atom stereocenters. The number of piperazine rings is 1. The number of ether oxygens (including phenoxy) is 1. The monoisotopic (exact) mass is 276 g/mol. The van der Waals surface area contributed by atoms with Gasteiger partial charge < -0.3 is 15.0 Å². The molecule has 0 aromatic carbocycles. The zero-order valence-electron chi connectivity index (χ0n) is 10.8. The Bertz CT molecular complexity index is 534. The highest BCUT2D eigenvalue weighted by atomic mass is 32.1. The topological polar surface area (TPSA) is 50.3 Å². The van der Waals surface area contributed by atoms with Crippen molar-refractivity contribution < 1.29 is 4.74 Å². The Hall–Kier alpha value is -1.66. The summed E-state index contributed by atoms with van der Waals surface area (Å²) in [6.45, 7) is 4.08. The van der Waals surface area contributed by atoms with E-state index in [2.05, 4.69) is 20.2 Å². The van der Waals surface area contributed by atoms with Gasteiger partial charge in [0.25, 0.3) is 0 Å². The molecule has 0 radical (unpaired) electrons. The molecule has 1 saturated heterocycles. The Balaban J connectivity index is 1.79. The zero-order chi connectivity index (χ0) is 13.1. The van der Waals surface area contributed by atoms with E-state index in [1.165, 1.54) is 0 Å². The van der Waals surface area contributed by atoms with E-state index in [0.29, 0.717) is 0 Å². The summed E-state index contributed by atoms with van der Waals surface area (Å²) in [5, 5.41) is 4.42. The van der Waals surface area contributed by atoms with Crippen LogP contribution in [0.4, 0.5) is 5.13 Å². The number of methoxy groups -OCH3 is 1. The maximum atomic E-state index is 5.12. The Morgan fingerprint density at radius 3 is 2.74 bits per heavy atom. The Morgan fingerprint density at radius 1 is 1.21 bits per heavy atom. The number of rotatable bonds is 3. The standard InChI is InChI=1S/C13H16N4OS/c1-18-10-2-3-11(15-8-10)12-9-16-13(19-12)17-6-4-14-5-7-17/h2-3,8-9,14H,4-7H2,1H3. The molecule has 100 valence electrons. The summed E-state index contributed by atoms with van der Waals surface area (Å²) >= 11 is 1.69. The van der Waals surface area contributed by atoms with Crippen molar-refractivity contribution in [3.05, 3.63) is 24.5 Å². The van der Waals surface area contributed by atoms with Crippen molar-refractivity contribution in [3.8, 4) is 16.3 Å². The second-order valence-electron chi connectivity index (χ2n) is 4.33. The van der Waals surface area contributed by atoms with Crippen LogP contribution in [0.2, 0.25) is 0 Å². The molecule has 3 rings (SSSR count). The van der Waals surface area contributed by atoms with Crippen LogP contribution < -0.4 is 15.0 Å². The molecule has 1 aliphatic heterocycles. The second kappa shape index (κ2) is 5.54. The van der Waals surface area contributed by atoms with E-state index in [1.54, 1.807) is 24.6 Å². The molecular weight excluding hydrogens is 260 g/mol. The fourth-order valence-corrected chi connectivity index (χ4v) is 2.98. The molecule has 0 bridgehead atoms. The van der Waals surface area contributed by atoms with Crippen LogP contribution in [0.25, 0.3) is 10.6 Å². The number of pyridine rings is 1. The number of thiazole rings is 1. The molecule has 1 fully saturated rings. The summed E-state index contributed by atoms with van der Waals surface area (Å²) in [6.07, 6.45) is 3.64. The number of hydrogen-bond acceptors (Lipinski definition) is 6. The molecule has 19 heavy (non-hydrogen) atoms. The lowest BCUT2D eigenvalue weighted by Crippen LogP contribution is -2.43. The highest BCUT2D eigenvalue weighted by molar-refractivity contribution is 7.18. The van der Waals surface area contributed by atoms with E-state index in [9.17, 15) is 0 Å². The van der Waals surface area contributed by atoms with Gasteiger partial charge in [-0.2, -0.15) is 0 Å². The SMILES string of the molecule is COc1ccc(-c2cnc(N3CCNCC3)s2)nc1. The quantitative estimate of drug-likeness (QED) is 0.923. The summed E-state index contributed by atoms with van der Waals surface area (Å²) in [4.78, 5) is 12.3. The molecule has 2 aromatic rings. The van der Waals surface area contributed by atoms with Crippen LogP contribution >= 0.6 is 11.3 Å². The summed E-state index contributed by atoms with van der Waals surface area (Å²) in [5.74, 6) is 0.774. The number of nitrogens with one attached hydrogen (secondary N) is 1. The lowest BCUT2D eigenvalue weighted by atomic mass is 10.3. The second-order valence-corrected chi connectivity index (χ2v) is 5.34. The molecule has 0 aliphatic carbocycles. The first kappa shape index (κ1) is 12.4. The predicted octanol–water partition coefficient (Wildman–Crippen LogP) is 1.62. The molecule has 1 N–H and O–H groups in total. The minimum atomic E-state index is 0.774. The van der Waals surface area contributed by atoms with E-state index in [0.717, 1.165) is 47.6 Å². The van der Waals surface area contributed by atoms with Crippen molar-refractivity contribution in [1.82, 2.24) is 15.3 Å². The van der Waals surface area contributed by atoms with Crippen LogP contribution in [-0.2, 0) is 0 Å². The maximum absolute atomic E-state index is 5.12. The largest absolute Gasteiger partial charge is 0.495 e. The van der Waals surface area contributed by atoms with Crippen molar-refractivity contribution >= 4 is 16.5 Å². The Morgan fingerprint density at radius 2 is 2.05 bits per heavy atom. The van der Waals surface area contributed by atoms with E-state index in [-0.39, 0.29) is 0 Å². The highest BCUT2D eigenvalue weighted by Gasteiger charge is 2.14. The van der Waals surface area contributed by atoms with Gasteiger partial charge in [-0.05, 0) is 12.1 Å².